The van der Waals surface area contributed by atoms with Crippen LogP contribution in [0.25, 0.3) is 21.8 Å². The lowest BCUT2D eigenvalue weighted by Crippen LogP contribution is -1.83. The van der Waals surface area contributed by atoms with Crippen LogP contribution in [0.15, 0.2) is 36.4 Å². The van der Waals surface area contributed by atoms with Crippen molar-refractivity contribution >= 4 is 44.7 Å². The Morgan fingerprint density at radius 2 is 1.25 bits per heavy atom. The van der Waals surface area contributed by atoms with E-state index in [0.717, 1.165) is 0 Å². The number of hydrogen-bond acceptors (Lipinski definition) is 0. The summed E-state index contributed by atoms with van der Waals surface area (Å²) in [7, 11) is 0. The summed E-state index contributed by atoms with van der Waals surface area (Å²) in [6.07, 6.45) is 0. The largest absolute Gasteiger partial charge is 0.281 e. The topological polar surface area (TPSA) is 4.93 Å². The third-order valence-electron chi connectivity index (χ3n) is 3.16. The summed E-state index contributed by atoms with van der Waals surface area (Å²) in [5.74, 6) is 0. The predicted molar refractivity (Wildman–Crippen MR) is 78.3 cm³/mol. The van der Waals surface area contributed by atoms with Crippen molar-refractivity contribution in [1.82, 2.24) is 2.78 Å². The Balaban J connectivity index is 2.70. The van der Waals surface area contributed by atoms with Crippen LogP contribution in [0.2, 0.25) is 0 Å². The van der Waals surface area contributed by atoms with Gasteiger partial charge in [0, 0.05) is 10.8 Å². The van der Waals surface area contributed by atoms with Gasteiger partial charge in [-0.25, -0.2) is 0 Å². The van der Waals surface area contributed by atoms with Gasteiger partial charge in [-0.05, 0) is 25.0 Å². The van der Waals surface area contributed by atoms with Crippen molar-refractivity contribution in [3.8, 4) is 0 Å². The first kappa shape index (κ1) is 10.1. The van der Waals surface area contributed by atoms with Gasteiger partial charge in [-0.15, -0.1) is 0 Å². The third kappa shape index (κ3) is 1.22. The van der Waals surface area contributed by atoms with Crippen LogP contribution in [0.1, 0.15) is 11.1 Å². The van der Waals surface area contributed by atoms with Gasteiger partial charge in [0.05, 0.1) is 33.9 Å². The first-order valence-electron chi connectivity index (χ1n) is 5.35. The summed E-state index contributed by atoms with van der Waals surface area (Å²) in [5, 5.41) is 2.71. The third-order valence-corrected chi connectivity index (χ3v) is 4.12. The molecule has 1 heterocycles. The van der Waals surface area contributed by atoms with Gasteiger partial charge in [0.2, 0.25) is 0 Å². The molecule has 3 aromatic rings. The van der Waals surface area contributed by atoms with Gasteiger partial charge in [0.1, 0.15) is 0 Å². The Hall–Kier alpha value is -1.03. The molecule has 0 saturated carbocycles. The molecular weight excluding hydrogens is 309 g/mol. The van der Waals surface area contributed by atoms with Crippen LogP contribution in [0, 0.1) is 13.8 Å². The normalized spacial score (nSPS) is 11.4. The summed E-state index contributed by atoms with van der Waals surface area (Å²) >= 11 is 2.40. The molecule has 3 rings (SSSR count). The fraction of sp³-hybridized carbons (Fsp3) is 0.143. The molecule has 80 valence electrons. The molecular formula is C14H12IN. The number of fused-ring (bicyclic) bond motifs is 3. The summed E-state index contributed by atoms with van der Waals surface area (Å²) in [6, 6.07) is 13.0. The van der Waals surface area contributed by atoms with Gasteiger partial charge in [0.15, 0.2) is 0 Å². The number of halogens is 1. The number of rotatable bonds is 0. The SMILES string of the molecule is Cc1cccc2c3cccc(C)c3n(I)c12. The first-order chi connectivity index (χ1) is 7.70. The van der Waals surface area contributed by atoms with E-state index in [2.05, 4.69) is 75.9 Å². The zero-order valence-corrected chi connectivity index (χ0v) is 11.4. The van der Waals surface area contributed by atoms with E-state index in [1.54, 1.807) is 0 Å². The quantitative estimate of drug-likeness (QED) is 0.533. The molecule has 0 atom stereocenters. The molecule has 0 saturated heterocycles. The molecule has 2 aromatic carbocycles. The Labute approximate surface area is 109 Å². The Kier molecular flexibility index (Phi) is 2.21. The second-order valence-corrected chi connectivity index (χ2v) is 5.19. The lowest BCUT2D eigenvalue weighted by Gasteiger charge is -2.00. The average molecular weight is 321 g/mol. The van der Waals surface area contributed by atoms with Crippen LogP contribution in [0.5, 0.6) is 0 Å². The van der Waals surface area contributed by atoms with E-state index in [4.69, 9.17) is 0 Å². The number of para-hydroxylation sites is 2. The molecule has 0 aliphatic rings. The van der Waals surface area contributed by atoms with Crippen molar-refractivity contribution in [1.29, 1.82) is 0 Å². The van der Waals surface area contributed by atoms with E-state index < -0.39 is 0 Å². The van der Waals surface area contributed by atoms with Gasteiger partial charge in [-0.1, -0.05) is 36.4 Å². The number of hydrogen-bond donors (Lipinski definition) is 0. The second kappa shape index (κ2) is 3.48. The highest BCUT2D eigenvalue weighted by atomic mass is 127. The van der Waals surface area contributed by atoms with Crippen LogP contribution in [-0.2, 0) is 0 Å². The van der Waals surface area contributed by atoms with Gasteiger partial charge >= 0.3 is 0 Å². The van der Waals surface area contributed by atoms with E-state index in [1.165, 1.54) is 32.9 Å². The number of nitrogens with zero attached hydrogens (tertiary/aromatic N) is 1. The summed E-state index contributed by atoms with van der Waals surface area (Å²) < 4.78 is 2.28. The molecule has 0 fully saturated rings. The molecule has 1 aromatic heterocycles. The van der Waals surface area contributed by atoms with E-state index in [0.29, 0.717) is 0 Å². The smallest absolute Gasteiger partial charge is 0.0646 e. The fourth-order valence-electron chi connectivity index (χ4n) is 2.39. The molecule has 0 aliphatic carbocycles. The van der Waals surface area contributed by atoms with Crippen LogP contribution >= 0.6 is 22.9 Å². The molecule has 0 bridgehead atoms. The molecule has 0 unspecified atom stereocenters. The highest BCUT2D eigenvalue weighted by molar-refractivity contribution is 14.1. The first-order valence-corrected chi connectivity index (χ1v) is 6.32. The number of benzene rings is 2. The van der Waals surface area contributed by atoms with E-state index in [-0.39, 0.29) is 0 Å². The average Bonchev–Trinajstić information content (AvgIpc) is 2.56. The Bertz CT molecular complexity index is 635. The zero-order chi connectivity index (χ0) is 11.3. The van der Waals surface area contributed by atoms with Crippen molar-refractivity contribution in [2.45, 2.75) is 13.8 Å². The molecule has 0 amide bonds. The second-order valence-electron chi connectivity index (χ2n) is 4.22. The monoisotopic (exact) mass is 321 g/mol. The van der Waals surface area contributed by atoms with Crippen molar-refractivity contribution in [2.24, 2.45) is 0 Å². The van der Waals surface area contributed by atoms with E-state index in [1.807, 2.05) is 0 Å². The van der Waals surface area contributed by atoms with Gasteiger partial charge in [-0.2, -0.15) is 0 Å². The standard InChI is InChI=1S/C14H12IN/c1-9-5-3-7-11-12-8-4-6-10(2)14(12)16(15)13(9)11/h3-8H,1-2H3. The van der Waals surface area contributed by atoms with Crippen molar-refractivity contribution < 1.29 is 0 Å². The molecule has 0 aliphatic heterocycles. The zero-order valence-electron chi connectivity index (χ0n) is 9.29. The maximum Gasteiger partial charge on any atom is 0.0646 e. The maximum absolute atomic E-state index is 2.40. The van der Waals surface area contributed by atoms with Crippen LogP contribution in [0.3, 0.4) is 0 Å². The summed E-state index contributed by atoms with van der Waals surface area (Å²) in [6.45, 7) is 4.34. The van der Waals surface area contributed by atoms with Gasteiger partial charge in [-0.3, -0.25) is 2.78 Å². The molecule has 0 radical (unpaired) electrons. The van der Waals surface area contributed by atoms with Gasteiger partial charge in [0.25, 0.3) is 0 Å². The Morgan fingerprint density at radius 3 is 1.69 bits per heavy atom. The van der Waals surface area contributed by atoms with Crippen LogP contribution < -0.4 is 0 Å². The van der Waals surface area contributed by atoms with Gasteiger partial charge < -0.3 is 0 Å². The lowest BCUT2D eigenvalue weighted by atomic mass is 10.1. The fourth-order valence-corrected chi connectivity index (χ4v) is 3.67. The van der Waals surface area contributed by atoms with Crippen molar-refractivity contribution in [3.05, 3.63) is 47.5 Å². The summed E-state index contributed by atoms with van der Waals surface area (Å²) in [4.78, 5) is 0. The van der Waals surface area contributed by atoms with Crippen LogP contribution in [0.4, 0.5) is 0 Å². The maximum atomic E-state index is 2.40. The minimum atomic E-state index is 1.34. The highest BCUT2D eigenvalue weighted by Gasteiger charge is 2.11. The minimum absolute atomic E-state index is 1.34. The highest BCUT2D eigenvalue weighted by Crippen LogP contribution is 2.34. The predicted octanol–water partition coefficient (Wildman–Crippen LogP) is 4.61. The van der Waals surface area contributed by atoms with Crippen molar-refractivity contribution in [3.63, 3.8) is 0 Å². The molecule has 0 spiro atoms. The molecule has 1 nitrogen and oxygen atoms in total. The number of aromatic nitrogens is 1. The summed E-state index contributed by atoms with van der Waals surface area (Å²) in [5.41, 5.74) is 5.35. The van der Waals surface area contributed by atoms with E-state index in [9.17, 15) is 0 Å². The Morgan fingerprint density at radius 1 is 0.812 bits per heavy atom. The number of aryl methyl sites for hydroxylation is 2. The van der Waals surface area contributed by atoms with Crippen molar-refractivity contribution in [2.75, 3.05) is 0 Å². The molecule has 0 N–H and O–H groups in total. The lowest BCUT2D eigenvalue weighted by molar-refractivity contribution is 1.39. The van der Waals surface area contributed by atoms with Crippen LogP contribution in [-0.4, -0.2) is 2.78 Å². The molecule has 16 heavy (non-hydrogen) atoms. The minimum Gasteiger partial charge on any atom is -0.281 e. The van der Waals surface area contributed by atoms with E-state index >= 15 is 0 Å². The molecule has 2 heteroatoms.